The minimum absolute atomic E-state index is 0.144. The highest BCUT2D eigenvalue weighted by Gasteiger charge is 2.30. The van der Waals surface area contributed by atoms with E-state index in [9.17, 15) is 13.2 Å². The molecule has 0 saturated heterocycles. The Balaban J connectivity index is 1.74. The number of guanidine groups is 1. The van der Waals surface area contributed by atoms with Crippen molar-refractivity contribution >= 4 is 5.96 Å². The summed E-state index contributed by atoms with van der Waals surface area (Å²) in [5, 5.41) is 2.86. The molecule has 158 valence electrons. The van der Waals surface area contributed by atoms with E-state index in [2.05, 4.69) is 10.3 Å². The van der Waals surface area contributed by atoms with Crippen molar-refractivity contribution < 1.29 is 27.4 Å². The van der Waals surface area contributed by atoms with Gasteiger partial charge >= 0.3 is 6.18 Å². The first-order valence-electron chi connectivity index (χ1n) is 8.88. The summed E-state index contributed by atoms with van der Waals surface area (Å²) in [7, 11) is 3.15. The standard InChI is InChI=1S/C20H24F3N3O3/c1-27-17-7-6-14(12-18(17)28-2)8-9-25-19(24)26-10-11-29-16-5-3-4-15(13-16)20(21,22)23/h3-7,12-13H,8-11H2,1-2H3,(H3,24,25,26). The van der Waals surface area contributed by atoms with Crippen LogP contribution in [0.1, 0.15) is 11.1 Å². The number of alkyl halides is 3. The van der Waals surface area contributed by atoms with E-state index in [1.165, 1.54) is 12.1 Å². The van der Waals surface area contributed by atoms with Gasteiger partial charge in [-0.25, -0.2) is 0 Å². The molecule has 0 aliphatic rings. The van der Waals surface area contributed by atoms with Crippen LogP contribution in [0.4, 0.5) is 13.2 Å². The fraction of sp³-hybridized carbons (Fsp3) is 0.350. The summed E-state index contributed by atoms with van der Waals surface area (Å²) in [6, 6.07) is 10.3. The summed E-state index contributed by atoms with van der Waals surface area (Å²) in [5.74, 6) is 1.68. The summed E-state index contributed by atoms with van der Waals surface area (Å²) < 4.78 is 53.8. The maximum Gasteiger partial charge on any atom is 0.416 e. The van der Waals surface area contributed by atoms with Gasteiger partial charge in [-0.05, 0) is 42.3 Å². The lowest BCUT2D eigenvalue weighted by Gasteiger charge is -2.11. The molecule has 0 spiro atoms. The van der Waals surface area contributed by atoms with E-state index in [4.69, 9.17) is 19.9 Å². The third kappa shape index (κ3) is 7.10. The van der Waals surface area contributed by atoms with Crippen molar-refractivity contribution in [1.82, 2.24) is 5.32 Å². The van der Waals surface area contributed by atoms with Gasteiger partial charge in [0.15, 0.2) is 17.5 Å². The predicted octanol–water partition coefficient (Wildman–Crippen LogP) is 3.25. The van der Waals surface area contributed by atoms with Crippen LogP contribution in [0.3, 0.4) is 0 Å². The zero-order valence-corrected chi connectivity index (χ0v) is 16.3. The van der Waals surface area contributed by atoms with E-state index in [1.54, 1.807) is 14.2 Å². The minimum Gasteiger partial charge on any atom is -0.493 e. The number of nitrogens with one attached hydrogen (secondary N) is 1. The first kappa shape index (κ1) is 22.2. The Morgan fingerprint density at radius 2 is 1.83 bits per heavy atom. The van der Waals surface area contributed by atoms with Gasteiger partial charge in [0, 0.05) is 6.54 Å². The smallest absolute Gasteiger partial charge is 0.416 e. The quantitative estimate of drug-likeness (QED) is 0.376. The number of halogens is 3. The SMILES string of the molecule is COc1ccc(CCN=C(N)NCCOc2cccc(C(F)(F)F)c2)cc1OC. The van der Waals surface area contributed by atoms with Crippen LogP contribution in [0.25, 0.3) is 0 Å². The Morgan fingerprint density at radius 3 is 2.52 bits per heavy atom. The van der Waals surface area contributed by atoms with Crippen LogP contribution in [0, 0.1) is 0 Å². The lowest BCUT2D eigenvalue weighted by Crippen LogP contribution is -2.35. The fourth-order valence-electron chi connectivity index (χ4n) is 2.51. The molecule has 3 N–H and O–H groups in total. The van der Waals surface area contributed by atoms with E-state index in [0.717, 1.165) is 17.7 Å². The summed E-state index contributed by atoms with van der Waals surface area (Å²) in [6.07, 6.45) is -3.74. The molecule has 0 amide bonds. The molecule has 0 heterocycles. The molecule has 2 aromatic rings. The van der Waals surface area contributed by atoms with Crippen molar-refractivity contribution in [2.24, 2.45) is 10.7 Å². The van der Waals surface area contributed by atoms with Crippen LogP contribution in [0.5, 0.6) is 17.2 Å². The molecule has 9 heteroatoms. The van der Waals surface area contributed by atoms with Crippen molar-refractivity contribution in [1.29, 1.82) is 0 Å². The highest BCUT2D eigenvalue weighted by Crippen LogP contribution is 2.31. The third-order valence-corrected chi connectivity index (χ3v) is 3.97. The molecule has 0 aliphatic heterocycles. The highest BCUT2D eigenvalue weighted by molar-refractivity contribution is 5.77. The molecular weight excluding hydrogens is 387 g/mol. The highest BCUT2D eigenvalue weighted by atomic mass is 19.4. The van der Waals surface area contributed by atoms with Gasteiger partial charge < -0.3 is 25.3 Å². The molecule has 0 fully saturated rings. The van der Waals surface area contributed by atoms with Crippen molar-refractivity contribution in [3.8, 4) is 17.2 Å². The molecule has 2 rings (SSSR count). The Morgan fingerprint density at radius 1 is 1.07 bits per heavy atom. The van der Waals surface area contributed by atoms with E-state index < -0.39 is 11.7 Å². The molecule has 0 atom stereocenters. The molecule has 6 nitrogen and oxygen atoms in total. The first-order valence-corrected chi connectivity index (χ1v) is 8.88. The molecule has 0 saturated carbocycles. The van der Waals surface area contributed by atoms with Crippen molar-refractivity contribution in [3.63, 3.8) is 0 Å². The van der Waals surface area contributed by atoms with Gasteiger partial charge in [-0.15, -0.1) is 0 Å². The van der Waals surface area contributed by atoms with Crippen LogP contribution < -0.4 is 25.3 Å². The van der Waals surface area contributed by atoms with Crippen LogP contribution >= 0.6 is 0 Å². The average molecular weight is 411 g/mol. The topological polar surface area (TPSA) is 78.1 Å². The number of ether oxygens (including phenoxy) is 3. The Hall–Kier alpha value is -3.10. The zero-order chi connectivity index (χ0) is 21.3. The van der Waals surface area contributed by atoms with Gasteiger partial charge in [-0.1, -0.05) is 12.1 Å². The zero-order valence-electron chi connectivity index (χ0n) is 16.3. The van der Waals surface area contributed by atoms with Crippen LogP contribution in [-0.2, 0) is 12.6 Å². The normalized spacial score (nSPS) is 11.8. The van der Waals surface area contributed by atoms with Crippen LogP contribution in [-0.4, -0.2) is 39.9 Å². The minimum atomic E-state index is -4.40. The molecule has 0 aliphatic carbocycles. The number of aliphatic imine (C=N–C) groups is 1. The van der Waals surface area contributed by atoms with Gasteiger partial charge in [0.1, 0.15) is 12.4 Å². The number of hydrogen-bond donors (Lipinski definition) is 2. The molecule has 0 bridgehead atoms. The maximum atomic E-state index is 12.7. The fourth-order valence-corrected chi connectivity index (χ4v) is 2.51. The number of nitrogens with two attached hydrogens (primary N) is 1. The van der Waals surface area contributed by atoms with E-state index in [0.29, 0.717) is 31.0 Å². The van der Waals surface area contributed by atoms with Crippen LogP contribution in [0.15, 0.2) is 47.5 Å². The summed E-state index contributed by atoms with van der Waals surface area (Å²) in [5.41, 5.74) is 6.06. The second-order valence-corrected chi connectivity index (χ2v) is 6.01. The Kier molecular flexibility index (Phi) is 7.99. The van der Waals surface area contributed by atoms with Gasteiger partial charge in [-0.2, -0.15) is 13.2 Å². The molecular formula is C20H24F3N3O3. The van der Waals surface area contributed by atoms with Gasteiger partial charge in [0.25, 0.3) is 0 Å². The van der Waals surface area contributed by atoms with Crippen molar-refractivity contribution in [3.05, 3.63) is 53.6 Å². The Labute approximate surface area is 167 Å². The molecule has 0 aromatic heterocycles. The summed E-state index contributed by atoms with van der Waals surface area (Å²) >= 11 is 0. The third-order valence-electron chi connectivity index (χ3n) is 3.97. The number of nitrogens with zero attached hydrogens (tertiary/aromatic N) is 1. The lowest BCUT2D eigenvalue weighted by molar-refractivity contribution is -0.137. The number of methoxy groups -OCH3 is 2. The van der Waals surface area contributed by atoms with E-state index in [-0.39, 0.29) is 18.3 Å². The maximum absolute atomic E-state index is 12.7. The van der Waals surface area contributed by atoms with Crippen molar-refractivity contribution in [2.45, 2.75) is 12.6 Å². The second kappa shape index (κ2) is 10.4. The van der Waals surface area contributed by atoms with Gasteiger partial charge in [0.2, 0.25) is 0 Å². The average Bonchev–Trinajstić information content (AvgIpc) is 2.70. The van der Waals surface area contributed by atoms with E-state index >= 15 is 0 Å². The van der Waals surface area contributed by atoms with Crippen LogP contribution in [0.2, 0.25) is 0 Å². The van der Waals surface area contributed by atoms with Gasteiger partial charge in [0.05, 0.1) is 26.3 Å². The molecule has 29 heavy (non-hydrogen) atoms. The molecule has 0 unspecified atom stereocenters. The lowest BCUT2D eigenvalue weighted by atomic mass is 10.1. The summed E-state index contributed by atoms with van der Waals surface area (Å²) in [6.45, 7) is 0.915. The second-order valence-electron chi connectivity index (χ2n) is 6.01. The summed E-state index contributed by atoms with van der Waals surface area (Å²) in [4.78, 5) is 4.22. The first-order chi connectivity index (χ1) is 13.8. The number of benzene rings is 2. The van der Waals surface area contributed by atoms with Gasteiger partial charge in [-0.3, -0.25) is 4.99 Å². The predicted molar refractivity (Wildman–Crippen MR) is 105 cm³/mol. The molecule has 2 aromatic carbocycles. The molecule has 0 radical (unpaired) electrons. The van der Waals surface area contributed by atoms with E-state index in [1.807, 2.05) is 18.2 Å². The largest absolute Gasteiger partial charge is 0.493 e. The number of rotatable bonds is 9. The van der Waals surface area contributed by atoms with Crippen molar-refractivity contribution in [2.75, 3.05) is 33.9 Å². The Bertz CT molecular complexity index is 826. The monoisotopic (exact) mass is 411 g/mol. The number of hydrogen-bond acceptors (Lipinski definition) is 4.